The summed E-state index contributed by atoms with van der Waals surface area (Å²) in [6, 6.07) is 19.1. The number of hydrogen-bond acceptors (Lipinski definition) is 3. The van der Waals surface area contributed by atoms with Crippen molar-refractivity contribution in [3.8, 4) is 16.9 Å². The molecule has 0 bridgehead atoms. The van der Waals surface area contributed by atoms with Crippen LogP contribution in [0.1, 0.15) is 34.8 Å². The van der Waals surface area contributed by atoms with Crippen LogP contribution in [0.5, 0.6) is 5.75 Å². The Morgan fingerprint density at radius 3 is 2.15 bits per heavy atom. The number of aromatic hydroxyl groups is 1. The molecular weight excluding hydrogens is 447 g/mol. The second kappa shape index (κ2) is 10.4. The lowest BCUT2D eigenvalue weighted by atomic mass is 9.94. The van der Waals surface area contributed by atoms with Crippen molar-refractivity contribution in [2.75, 3.05) is 0 Å². The monoisotopic (exact) mass is 471 g/mol. The number of phenolic OH excluding ortho intramolecular Hbond substituents is 1. The maximum absolute atomic E-state index is 13.1. The standard InChI is InChI=1S/C26H24F3NO4/c1-16(25(33)34)13-21(14-17-7-9-19(10-8-17)18-5-3-2-4-6-18)30-24(32)20-11-12-23(31)22(15-20)26(27,28)29/h2-12,15-16,21,31H,13-14H2,1H3,(H,30,32)(H,33,34)/t16-,21+/m1/s1. The lowest BCUT2D eigenvalue weighted by molar-refractivity contribution is -0.141. The van der Waals surface area contributed by atoms with E-state index in [1.54, 1.807) is 0 Å². The van der Waals surface area contributed by atoms with Crippen molar-refractivity contribution in [2.24, 2.45) is 5.92 Å². The fraction of sp³-hybridized carbons (Fsp3) is 0.231. The van der Waals surface area contributed by atoms with Gasteiger partial charge in [-0.3, -0.25) is 9.59 Å². The second-order valence-corrected chi connectivity index (χ2v) is 8.14. The largest absolute Gasteiger partial charge is 0.507 e. The van der Waals surface area contributed by atoms with E-state index in [1.165, 1.54) is 6.92 Å². The number of phenols is 1. The molecule has 0 aliphatic carbocycles. The molecule has 0 fully saturated rings. The lowest BCUT2D eigenvalue weighted by Crippen LogP contribution is -2.38. The highest BCUT2D eigenvalue weighted by molar-refractivity contribution is 5.94. The first-order valence-corrected chi connectivity index (χ1v) is 10.6. The third-order valence-electron chi connectivity index (χ3n) is 5.50. The number of carboxylic acids is 1. The molecule has 0 saturated carbocycles. The van der Waals surface area contributed by atoms with Crippen molar-refractivity contribution in [1.82, 2.24) is 5.32 Å². The third-order valence-corrected chi connectivity index (χ3v) is 5.50. The molecule has 0 aliphatic heterocycles. The Kier molecular flexibility index (Phi) is 7.61. The minimum Gasteiger partial charge on any atom is -0.507 e. The number of halogens is 3. The average molecular weight is 471 g/mol. The van der Waals surface area contributed by atoms with Crippen LogP contribution < -0.4 is 5.32 Å². The number of amides is 1. The van der Waals surface area contributed by atoms with Crippen LogP contribution in [-0.2, 0) is 17.4 Å². The molecule has 0 radical (unpaired) electrons. The first-order chi connectivity index (χ1) is 16.0. The predicted molar refractivity (Wildman–Crippen MR) is 121 cm³/mol. The summed E-state index contributed by atoms with van der Waals surface area (Å²) >= 11 is 0. The van der Waals surface area contributed by atoms with E-state index in [-0.39, 0.29) is 12.0 Å². The number of aliphatic carboxylic acids is 1. The normalized spacial score (nSPS) is 13.2. The zero-order valence-corrected chi connectivity index (χ0v) is 18.3. The van der Waals surface area contributed by atoms with Gasteiger partial charge < -0.3 is 15.5 Å². The summed E-state index contributed by atoms with van der Waals surface area (Å²) in [5.41, 5.74) is 1.27. The SMILES string of the molecule is C[C@H](C[C@@H](Cc1ccc(-c2ccccc2)cc1)NC(=O)c1ccc(O)c(C(F)(F)F)c1)C(=O)O. The lowest BCUT2D eigenvalue weighted by Gasteiger charge is -2.21. The van der Waals surface area contributed by atoms with Gasteiger partial charge in [-0.15, -0.1) is 0 Å². The zero-order valence-electron chi connectivity index (χ0n) is 18.3. The van der Waals surface area contributed by atoms with E-state index in [4.69, 9.17) is 0 Å². The maximum atomic E-state index is 13.1. The van der Waals surface area contributed by atoms with Gasteiger partial charge in [0.2, 0.25) is 0 Å². The van der Waals surface area contributed by atoms with Crippen LogP contribution in [0.3, 0.4) is 0 Å². The molecule has 0 aliphatic rings. The number of carbonyl (C=O) groups excluding carboxylic acids is 1. The Bertz CT molecular complexity index is 1140. The molecule has 178 valence electrons. The molecule has 34 heavy (non-hydrogen) atoms. The summed E-state index contributed by atoms with van der Waals surface area (Å²) in [4.78, 5) is 24.1. The van der Waals surface area contributed by atoms with Gasteiger partial charge in [-0.1, -0.05) is 61.5 Å². The molecule has 3 N–H and O–H groups in total. The van der Waals surface area contributed by atoms with Crippen LogP contribution in [0.2, 0.25) is 0 Å². The number of carbonyl (C=O) groups is 2. The fourth-order valence-electron chi connectivity index (χ4n) is 3.64. The van der Waals surface area contributed by atoms with E-state index in [2.05, 4.69) is 5.32 Å². The Hall–Kier alpha value is -3.81. The molecule has 3 rings (SSSR count). The van der Waals surface area contributed by atoms with Crippen LogP contribution in [0, 0.1) is 5.92 Å². The minimum absolute atomic E-state index is 0.0890. The van der Waals surface area contributed by atoms with Crippen LogP contribution in [0.15, 0.2) is 72.8 Å². The second-order valence-electron chi connectivity index (χ2n) is 8.14. The maximum Gasteiger partial charge on any atom is 0.419 e. The van der Waals surface area contributed by atoms with Crippen molar-refractivity contribution in [3.05, 3.63) is 89.5 Å². The molecule has 0 spiro atoms. The number of alkyl halides is 3. The first kappa shape index (κ1) is 24.8. The van der Waals surface area contributed by atoms with Crippen LogP contribution >= 0.6 is 0 Å². The molecule has 3 aromatic carbocycles. The van der Waals surface area contributed by atoms with E-state index in [0.717, 1.165) is 28.8 Å². The van der Waals surface area contributed by atoms with E-state index in [1.807, 2.05) is 54.6 Å². The highest BCUT2D eigenvalue weighted by atomic mass is 19.4. The third kappa shape index (κ3) is 6.37. The van der Waals surface area contributed by atoms with Gasteiger partial charge >= 0.3 is 12.1 Å². The Labute approximate surface area is 194 Å². The minimum atomic E-state index is -4.82. The molecule has 8 heteroatoms. The van der Waals surface area contributed by atoms with Gasteiger partial charge in [-0.25, -0.2) is 0 Å². The van der Waals surface area contributed by atoms with Gasteiger partial charge in [-0.2, -0.15) is 13.2 Å². The highest BCUT2D eigenvalue weighted by Crippen LogP contribution is 2.36. The van der Waals surface area contributed by atoms with Crippen molar-refractivity contribution >= 4 is 11.9 Å². The highest BCUT2D eigenvalue weighted by Gasteiger charge is 2.34. The van der Waals surface area contributed by atoms with Crippen LogP contribution in [0.4, 0.5) is 13.2 Å². The van der Waals surface area contributed by atoms with Gasteiger partial charge in [0.1, 0.15) is 5.75 Å². The van der Waals surface area contributed by atoms with Gasteiger partial charge in [-0.05, 0) is 47.7 Å². The van der Waals surface area contributed by atoms with E-state index >= 15 is 0 Å². The van der Waals surface area contributed by atoms with Crippen LogP contribution in [0.25, 0.3) is 11.1 Å². The van der Waals surface area contributed by atoms with Gasteiger partial charge in [0.15, 0.2) is 0 Å². The fourth-order valence-corrected chi connectivity index (χ4v) is 3.64. The van der Waals surface area contributed by atoms with Gasteiger partial charge in [0.05, 0.1) is 11.5 Å². The summed E-state index contributed by atoms with van der Waals surface area (Å²) in [7, 11) is 0. The molecule has 3 aromatic rings. The topological polar surface area (TPSA) is 86.6 Å². The molecule has 5 nitrogen and oxygen atoms in total. The number of nitrogens with one attached hydrogen (secondary N) is 1. The van der Waals surface area contributed by atoms with Gasteiger partial charge in [0, 0.05) is 11.6 Å². The summed E-state index contributed by atoms with van der Waals surface area (Å²) in [5, 5.41) is 21.5. The Morgan fingerprint density at radius 1 is 0.941 bits per heavy atom. The summed E-state index contributed by atoms with van der Waals surface area (Å²) < 4.78 is 39.3. The van der Waals surface area contributed by atoms with Crippen molar-refractivity contribution < 1.29 is 33.0 Å². The number of rotatable bonds is 8. The quantitative estimate of drug-likeness (QED) is 0.403. The van der Waals surface area contributed by atoms with Crippen LogP contribution in [-0.4, -0.2) is 28.1 Å². The number of carboxylic acid groups (broad SMARTS) is 1. The summed E-state index contributed by atoms with van der Waals surface area (Å²) in [5.74, 6) is -3.57. The predicted octanol–water partition coefficient (Wildman–Crippen LogP) is 5.53. The number of benzene rings is 3. The average Bonchev–Trinajstić information content (AvgIpc) is 2.79. The van der Waals surface area contributed by atoms with Gasteiger partial charge in [0.25, 0.3) is 5.91 Å². The smallest absolute Gasteiger partial charge is 0.419 e. The Balaban J connectivity index is 1.80. The zero-order chi connectivity index (χ0) is 24.9. The first-order valence-electron chi connectivity index (χ1n) is 10.6. The molecule has 0 unspecified atom stereocenters. The summed E-state index contributed by atoms with van der Waals surface area (Å²) in [6.45, 7) is 1.50. The van der Waals surface area contributed by atoms with E-state index < -0.39 is 41.3 Å². The van der Waals surface area contributed by atoms with E-state index in [9.17, 15) is 33.0 Å². The van der Waals surface area contributed by atoms with Crippen molar-refractivity contribution in [1.29, 1.82) is 0 Å². The Morgan fingerprint density at radius 2 is 1.56 bits per heavy atom. The molecule has 0 saturated heterocycles. The molecule has 0 aromatic heterocycles. The van der Waals surface area contributed by atoms with Crippen molar-refractivity contribution in [3.63, 3.8) is 0 Å². The van der Waals surface area contributed by atoms with Crippen molar-refractivity contribution in [2.45, 2.75) is 32.0 Å². The molecule has 0 heterocycles. The van der Waals surface area contributed by atoms with E-state index in [0.29, 0.717) is 12.5 Å². The number of hydrogen-bond donors (Lipinski definition) is 3. The molecule has 1 amide bonds. The molecular formula is C26H24F3NO4. The molecule has 2 atom stereocenters. The summed E-state index contributed by atoms with van der Waals surface area (Å²) in [6.07, 6.45) is -4.44.